The van der Waals surface area contributed by atoms with Crippen molar-refractivity contribution in [2.75, 3.05) is 13.1 Å². The van der Waals surface area contributed by atoms with Crippen molar-refractivity contribution in [1.82, 2.24) is 8.87 Å². The van der Waals surface area contributed by atoms with Crippen LogP contribution in [0.1, 0.15) is 25.3 Å². The molecule has 0 atom stereocenters. The van der Waals surface area contributed by atoms with E-state index < -0.39 is 15.8 Å². The van der Waals surface area contributed by atoms with Crippen LogP contribution in [0.5, 0.6) is 0 Å². The summed E-state index contributed by atoms with van der Waals surface area (Å²) in [5.74, 6) is -1.00. The van der Waals surface area contributed by atoms with Crippen molar-refractivity contribution < 1.29 is 17.6 Å². The smallest absolute Gasteiger partial charge is 0.251 e. The molecule has 1 fully saturated rings. The van der Waals surface area contributed by atoms with Crippen molar-refractivity contribution in [1.29, 1.82) is 0 Å². The Morgan fingerprint density at radius 2 is 1.84 bits per heavy atom. The zero-order valence-corrected chi connectivity index (χ0v) is 19.0. The number of hydrogen-bond acceptors (Lipinski definition) is 4. The van der Waals surface area contributed by atoms with Gasteiger partial charge in [0.15, 0.2) is 4.80 Å². The fourth-order valence-corrected chi connectivity index (χ4v) is 6.35. The van der Waals surface area contributed by atoms with Crippen molar-refractivity contribution in [3.05, 3.63) is 58.6 Å². The van der Waals surface area contributed by atoms with Crippen LogP contribution in [0.2, 0.25) is 0 Å². The fourth-order valence-electron chi connectivity index (χ4n) is 3.79. The van der Waals surface area contributed by atoms with Gasteiger partial charge in [0, 0.05) is 26.1 Å². The summed E-state index contributed by atoms with van der Waals surface area (Å²) in [5.41, 5.74) is 2.27. The Balaban J connectivity index is 1.49. The monoisotopic (exact) mass is 461 g/mol. The number of sulfonamides is 1. The van der Waals surface area contributed by atoms with E-state index in [1.807, 2.05) is 17.7 Å². The van der Waals surface area contributed by atoms with E-state index in [2.05, 4.69) is 24.0 Å². The molecule has 0 spiro atoms. The van der Waals surface area contributed by atoms with Crippen molar-refractivity contribution >= 4 is 37.5 Å². The molecular weight excluding hydrogens is 437 g/mol. The van der Waals surface area contributed by atoms with Gasteiger partial charge in [-0.05, 0) is 61.2 Å². The molecule has 1 aliphatic heterocycles. The minimum Gasteiger partial charge on any atom is -0.319 e. The van der Waals surface area contributed by atoms with Crippen LogP contribution in [0.3, 0.4) is 0 Å². The van der Waals surface area contributed by atoms with Gasteiger partial charge in [-0.25, -0.2) is 12.8 Å². The number of fused-ring (bicyclic) bond motifs is 1. The predicted molar refractivity (Wildman–Crippen MR) is 119 cm³/mol. The van der Waals surface area contributed by atoms with Crippen LogP contribution < -0.4 is 4.80 Å². The Labute approximate surface area is 184 Å². The van der Waals surface area contributed by atoms with Gasteiger partial charge in [0.2, 0.25) is 10.0 Å². The maximum Gasteiger partial charge on any atom is 0.251 e. The molecule has 1 amide bonds. The van der Waals surface area contributed by atoms with Crippen molar-refractivity contribution in [2.24, 2.45) is 18.0 Å². The number of thiazole rings is 1. The van der Waals surface area contributed by atoms with Crippen LogP contribution in [-0.4, -0.2) is 36.3 Å². The van der Waals surface area contributed by atoms with Crippen molar-refractivity contribution in [3.63, 3.8) is 0 Å². The summed E-state index contributed by atoms with van der Waals surface area (Å²) < 4.78 is 43.0. The summed E-state index contributed by atoms with van der Waals surface area (Å²) in [6.07, 6.45) is 1.77. The van der Waals surface area contributed by atoms with Crippen LogP contribution in [0, 0.1) is 11.7 Å². The minimum atomic E-state index is -3.69. The third-order valence-corrected chi connectivity index (χ3v) is 8.75. The lowest BCUT2D eigenvalue weighted by Gasteiger charge is -2.29. The molecule has 2 heterocycles. The third kappa shape index (κ3) is 4.35. The van der Waals surface area contributed by atoms with E-state index >= 15 is 0 Å². The van der Waals surface area contributed by atoms with Crippen LogP contribution >= 0.6 is 11.3 Å². The second-order valence-electron chi connectivity index (χ2n) is 7.68. The number of piperidine rings is 1. The van der Waals surface area contributed by atoms with Crippen molar-refractivity contribution in [3.8, 4) is 0 Å². The highest BCUT2D eigenvalue weighted by molar-refractivity contribution is 7.89. The Bertz CT molecular complexity index is 1290. The number of rotatable bonds is 4. The van der Waals surface area contributed by atoms with Crippen molar-refractivity contribution in [2.45, 2.75) is 31.1 Å². The van der Waals surface area contributed by atoms with E-state index in [-0.39, 0.29) is 29.8 Å². The van der Waals surface area contributed by atoms with Gasteiger partial charge in [0.25, 0.3) is 5.91 Å². The molecule has 9 heteroatoms. The molecule has 1 saturated heterocycles. The summed E-state index contributed by atoms with van der Waals surface area (Å²) in [6.45, 7) is 2.58. The molecule has 6 nitrogen and oxygen atoms in total. The van der Waals surface area contributed by atoms with Crippen LogP contribution in [-0.2, 0) is 28.3 Å². The van der Waals surface area contributed by atoms with Gasteiger partial charge in [-0.15, -0.1) is 0 Å². The molecule has 0 aliphatic carbocycles. The molecule has 0 bridgehead atoms. The third-order valence-electron chi connectivity index (χ3n) is 5.74. The average molecular weight is 462 g/mol. The molecule has 2 aromatic carbocycles. The SMILES string of the molecule is CCc1ccc2c(c1)sc(=NC(=O)C1CCN(S(=O)(=O)c3ccc(F)cc3)CC1)n2C. The Morgan fingerprint density at radius 1 is 1.16 bits per heavy atom. The fraction of sp³-hybridized carbons (Fsp3) is 0.364. The van der Waals surface area contributed by atoms with Crippen LogP contribution in [0.4, 0.5) is 4.39 Å². The lowest BCUT2D eigenvalue weighted by molar-refractivity contribution is -0.122. The van der Waals surface area contributed by atoms with Gasteiger partial charge in [0.05, 0.1) is 15.1 Å². The number of aryl methyl sites for hydroxylation is 2. The normalized spacial score (nSPS) is 16.8. The second kappa shape index (κ2) is 8.64. The second-order valence-corrected chi connectivity index (χ2v) is 10.6. The van der Waals surface area contributed by atoms with Gasteiger partial charge in [-0.3, -0.25) is 4.79 Å². The minimum absolute atomic E-state index is 0.0621. The molecule has 0 unspecified atom stereocenters. The van der Waals surface area contributed by atoms with Gasteiger partial charge >= 0.3 is 0 Å². The van der Waals surface area contributed by atoms with Gasteiger partial charge in [-0.1, -0.05) is 24.3 Å². The summed E-state index contributed by atoms with van der Waals surface area (Å²) in [7, 11) is -1.80. The zero-order chi connectivity index (χ0) is 22.2. The topological polar surface area (TPSA) is 71.7 Å². The number of carbonyl (C=O) groups is 1. The number of nitrogens with zero attached hydrogens (tertiary/aromatic N) is 3. The highest BCUT2D eigenvalue weighted by atomic mass is 32.2. The molecule has 164 valence electrons. The number of halogens is 1. The average Bonchev–Trinajstić information content (AvgIpc) is 3.08. The molecule has 4 rings (SSSR count). The lowest BCUT2D eigenvalue weighted by atomic mass is 9.98. The highest BCUT2D eigenvalue weighted by Crippen LogP contribution is 2.25. The Morgan fingerprint density at radius 3 is 2.48 bits per heavy atom. The summed E-state index contributed by atoms with van der Waals surface area (Å²) >= 11 is 1.49. The van der Waals surface area contributed by atoms with E-state index in [1.54, 1.807) is 0 Å². The Kier molecular flexibility index (Phi) is 6.09. The number of aromatic nitrogens is 1. The first kappa shape index (κ1) is 21.9. The summed E-state index contributed by atoms with van der Waals surface area (Å²) in [4.78, 5) is 17.9. The number of amides is 1. The highest BCUT2D eigenvalue weighted by Gasteiger charge is 2.32. The van der Waals surface area contributed by atoms with Gasteiger partial charge < -0.3 is 4.57 Å². The zero-order valence-electron chi connectivity index (χ0n) is 17.4. The Hall–Kier alpha value is -2.36. The molecule has 0 N–H and O–H groups in total. The number of hydrogen-bond donors (Lipinski definition) is 0. The van der Waals surface area contributed by atoms with Gasteiger partial charge in [0.1, 0.15) is 5.82 Å². The first-order chi connectivity index (χ1) is 14.8. The van der Waals surface area contributed by atoms with E-state index in [0.717, 1.165) is 28.8 Å². The predicted octanol–water partition coefficient (Wildman–Crippen LogP) is 3.47. The van der Waals surface area contributed by atoms with E-state index in [9.17, 15) is 17.6 Å². The standard InChI is InChI=1S/C22H24FN3O3S2/c1-3-15-4-9-19-20(14-15)30-22(25(19)2)24-21(27)16-10-12-26(13-11-16)31(28,29)18-7-5-17(23)6-8-18/h4-9,14,16H,3,10-13H2,1-2H3. The molecular formula is C22H24FN3O3S2. The largest absolute Gasteiger partial charge is 0.319 e. The quantitative estimate of drug-likeness (QED) is 0.597. The van der Waals surface area contributed by atoms with E-state index in [1.165, 1.54) is 33.3 Å². The number of carbonyl (C=O) groups excluding carboxylic acids is 1. The number of benzene rings is 2. The lowest BCUT2D eigenvalue weighted by Crippen LogP contribution is -2.40. The molecule has 31 heavy (non-hydrogen) atoms. The molecule has 0 saturated carbocycles. The molecule has 1 aromatic heterocycles. The van der Waals surface area contributed by atoms with E-state index in [4.69, 9.17) is 0 Å². The maximum absolute atomic E-state index is 13.1. The molecule has 1 aliphatic rings. The van der Waals surface area contributed by atoms with Crippen LogP contribution in [0.25, 0.3) is 10.2 Å². The van der Waals surface area contributed by atoms with E-state index in [0.29, 0.717) is 17.6 Å². The summed E-state index contributed by atoms with van der Waals surface area (Å²) in [5, 5.41) is 0. The van der Waals surface area contributed by atoms with Crippen LogP contribution in [0.15, 0.2) is 52.4 Å². The van der Waals surface area contributed by atoms with Gasteiger partial charge in [-0.2, -0.15) is 9.30 Å². The first-order valence-corrected chi connectivity index (χ1v) is 12.5. The first-order valence-electron chi connectivity index (χ1n) is 10.2. The molecule has 3 aromatic rings. The molecule has 0 radical (unpaired) electrons. The summed E-state index contributed by atoms with van der Waals surface area (Å²) in [6, 6.07) is 11.1. The maximum atomic E-state index is 13.1.